The standard InChI is InChI=1S/C22H26N2O2/c1-16-6-9-18(10-7-16)26-22(12-14-23-15-13-22)21(25)24-20-11-8-17-4-2-3-5-19(17)20/h2-7,9-10,20,23H,8,11-15H2,1H3,(H,24,25)/t20-/m0/s1. The fourth-order valence-corrected chi connectivity index (χ4v) is 4.03. The van der Waals surface area contributed by atoms with Crippen LogP contribution in [0.3, 0.4) is 0 Å². The average molecular weight is 350 g/mol. The first kappa shape index (κ1) is 17.1. The van der Waals surface area contributed by atoms with Gasteiger partial charge in [0.1, 0.15) is 5.75 Å². The number of carbonyl (C=O) groups is 1. The molecule has 1 aliphatic heterocycles. The third-order valence-corrected chi connectivity index (χ3v) is 5.60. The van der Waals surface area contributed by atoms with Gasteiger partial charge in [-0.1, -0.05) is 42.0 Å². The van der Waals surface area contributed by atoms with Gasteiger partial charge in [-0.25, -0.2) is 0 Å². The van der Waals surface area contributed by atoms with Gasteiger partial charge in [0.2, 0.25) is 0 Å². The first-order valence-electron chi connectivity index (χ1n) is 9.51. The molecular formula is C22H26N2O2. The zero-order chi connectivity index (χ0) is 18.0. The Morgan fingerprint density at radius 1 is 1.12 bits per heavy atom. The summed E-state index contributed by atoms with van der Waals surface area (Å²) in [5.74, 6) is 0.778. The van der Waals surface area contributed by atoms with Gasteiger partial charge in [-0.05, 0) is 56.1 Å². The molecule has 2 aromatic rings. The maximum absolute atomic E-state index is 13.3. The molecule has 0 radical (unpaired) electrons. The van der Waals surface area contributed by atoms with Crippen molar-refractivity contribution >= 4 is 5.91 Å². The second-order valence-corrected chi connectivity index (χ2v) is 7.42. The van der Waals surface area contributed by atoms with Crippen LogP contribution < -0.4 is 15.4 Å². The lowest BCUT2D eigenvalue weighted by Crippen LogP contribution is -2.57. The molecular weight excluding hydrogens is 324 g/mol. The van der Waals surface area contributed by atoms with Gasteiger partial charge < -0.3 is 15.4 Å². The number of benzene rings is 2. The zero-order valence-corrected chi connectivity index (χ0v) is 15.3. The summed E-state index contributed by atoms with van der Waals surface area (Å²) in [4.78, 5) is 13.3. The fourth-order valence-electron chi connectivity index (χ4n) is 4.03. The molecule has 0 spiro atoms. The number of hydrogen-bond donors (Lipinski definition) is 2. The number of carbonyl (C=O) groups excluding carboxylic acids is 1. The van der Waals surface area contributed by atoms with Crippen LogP contribution in [0.25, 0.3) is 0 Å². The maximum Gasteiger partial charge on any atom is 0.264 e. The highest BCUT2D eigenvalue weighted by atomic mass is 16.5. The van der Waals surface area contributed by atoms with Crippen LogP contribution in [0.2, 0.25) is 0 Å². The minimum absolute atomic E-state index is 0.0151. The second-order valence-electron chi connectivity index (χ2n) is 7.42. The molecule has 2 N–H and O–H groups in total. The minimum Gasteiger partial charge on any atom is -0.477 e. The molecule has 0 saturated carbocycles. The van der Waals surface area contributed by atoms with E-state index < -0.39 is 5.60 Å². The van der Waals surface area contributed by atoms with E-state index in [1.165, 1.54) is 16.7 Å². The van der Waals surface area contributed by atoms with Crippen molar-refractivity contribution in [1.29, 1.82) is 0 Å². The van der Waals surface area contributed by atoms with Gasteiger partial charge in [0.15, 0.2) is 5.60 Å². The summed E-state index contributed by atoms with van der Waals surface area (Å²) in [6.45, 7) is 3.63. The summed E-state index contributed by atoms with van der Waals surface area (Å²) in [5, 5.41) is 6.62. The van der Waals surface area contributed by atoms with Crippen LogP contribution in [0, 0.1) is 6.92 Å². The molecule has 0 aromatic heterocycles. The highest BCUT2D eigenvalue weighted by molar-refractivity contribution is 5.86. The van der Waals surface area contributed by atoms with Gasteiger partial charge in [-0.15, -0.1) is 0 Å². The van der Waals surface area contributed by atoms with Crippen molar-refractivity contribution in [1.82, 2.24) is 10.6 Å². The molecule has 2 aromatic carbocycles. The zero-order valence-electron chi connectivity index (χ0n) is 15.3. The van der Waals surface area contributed by atoms with Gasteiger partial charge in [0, 0.05) is 12.8 Å². The lowest BCUT2D eigenvalue weighted by molar-refractivity contribution is -0.140. The highest BCUT2D eigenvalue weighted by Crippen LogP contribution is 2.33. The number of amides is 1. The van der Waals surface area contributed by atoms with E-state index in [2.05, 4.69) is 28.8 Å². The molecule has 1 aliphatic carbocycles. The van der Waals surface area contributed by atoms with E-state index in [1.54, 1.807) is 0 Å². The summed E-state index contributed by atoms with van der Waals surface area (Å²) in [6, 6.07) is 16.4. The van der Waals surface area contributed by atoms with Crippen LogP contribution in [-0.4, -0.2) is 24.6 Å². The van der Waals surface area contributed by atoms with Gasteiger partial charge in [0.05, 0.1) is 6.04 Å². The van der Waals surface area contributed by atoms with Crippen LogP contribution in [0.5, 0.6) is 5.75 Å². The quantitative estimate of drug-likeness (QED) is 0.889. The predicted octanol–water partition coefficient (Wildman–Crippen LogP) is 3.30. The highest BCUT2D eigenvalue weighted by Gasteiger charge is 2.43. The van der Waals surface area contributed by atoms with Crippen molar-refractivity contribution in [2.45, 2.75) is 44.2 Å². The number of aryl methyl sites for hydroxylation is 2. The Hall–Kier alpha value is -2.33. The fraction of sp³-hybridized carbons (Fsp3) is 0.409. The largest absolute Gasteiger partial charge is 0.477 e. The van der Waals surface area contributed by atoms with Crippen molar-refractivity contribution in [2.75, 3.05) is 13.1 Å². The third kappa shape index (κ3) is 3.34. The molecule has 26 heavy (non-hydrogen) atoms. The van der Waals surface area contributed by atoms with E-state index in [-0.39, 0.29) is 11.9 Å². The first-order chi connectivity index (χ1) is 12.7. The van der Waals surface area contributed by atoms with Crippen molar-refractivity contribution in [2.24, 2.45) is 0 Å². The molecule has 2 aliphatic rings. The van der Waals surface area contributed by atoms with Crippen molar-refractivity contribution in [3.05, 3.63) is 65.2 Å². The van der Waals surface area contributed by atoms with E-state index in [0.29, 0.717) is 12.8 Å². The van der Waals surface area contributed by atoms with E-state index in [4.69, 9.17) is 4.74 Å². The molecule has 1 heterocycles. The van der Waals surface area contributed by atoms with E-state index >= 15 is 0 Å². The van der Waals surface area contributed by atoms with Gasteiger partial charge >= 0.3 is 0 Å². The Bertz CT molecular complexity index is 779. The van der Waals surface area contributed by atoms with Gasteiger partial charge in [-0.3, -0.25) is 4.79 Å². The second kappa shape index (κ2) is 7.12. The molecule has 0 unspecified atom stereocenters. The average Bonchev–Trinajstić information content (AvgIpc) is 3.07. The monoisotopic (exact) mass is 350 g/mol. The predicted molar refractivity (Wildman–Crippen MR) is 102 cm³/mol. The molecule has 0 bridgehead atoms. The van der Waals surface area contributed by atoms with Crippen molar-refractivity contribution in [3.8, 4) is 5.75 Å². The number of fused-ring (bicyclic) bond motifs is 1. The normalized spacial score (nSPS) is 21.0. The molecule has 1 atom stereocenters. The smallest absolute Gasteiger partial charge is 0.264 e. The molecule has 4 nitrogen and oxygen atoms in total. The first-order valence-corrected chi connectivity index (χ1v) is 9.51. The molecule has 136 valence electrons. The van der Waals surface area contributed by atoms with Crippen molar-refractivity contribution in [3.63, 3.8) is 0 Å². The molecule has 4 heteroatoms. The lowest BCUT2D eigenvalue weighted by Gasteiger charge is -2.37. The minimum atomic E-state index is -0.794. The number of hydrogen-bond acceptors (Lipinski definition) is 3. The Morgan fingerprint density at radius 2 is 1.85 bits per heavy atom. The molecule has 1 saturated heterocycles. The molecule has 1 fully saturated rings. The maximum atomic E-state index is 13.3. The van der Waals surface area contributed by atoms with Crippen LogP contribution in [0.15, 0.2) is 48.5 Å². The molecule has 1 amide bonds. The van der Waals surface area contributed by atoms with Gasteiger partial charge in [-0.2, -0.15) is 0 Å². The lowest BCUT2D eigenvalue weighted by atomic mass is 9.90. The van der Waals surface area contributed by atoms with Crippen LogP contribution in [0.1, 0.15) is 42.0 Å². The number of piperidine rings is 1. The number of nitrogens with one attached hydrogen (secondary N) is 2. The summed E-state index contributed by atoms with van der Waals surface area (Å²) in [5.41, 5.74) is 2.98. The van der Waals surface area contributed by atoms with E-state index in [1.807, 2.05) is 37.3 Å². The Morgan fingerprint density at radius 3 is 2.62 bits per heavy atom. The Labute approximate surface area is 155 Å². The summed E-state index contributed by atoms with van der Waals surface area (Å²) in [7, 11) is 0. The Kier molecular flexibility index (Phi) is 4.68. The van der Waals surface area contributed by atoms with Gasteiger partial charge in [0.25, 0.3) is 5.91 Å². The van der Waals surface area contributed by atoms with Crippen molar-refractivity contribution < 1.29 is 9.53 Å². The van der Waals surface area contributed by atoms with E-state index in [0.717, 1.165) is 31.7 Å². The van der Waals surface area contributed by atoms with Crippen LogP contribution in [0.4, 0.5) is 0 Å². The third-order valence-electron chi connectivity index (χ3n) is 5.60. The Balaban J connectivity index is 1.54. The number of ether oxygens (including phenoxy) is 1. The SMILES string of the molecule is Cc1ccc(OC2(C(=O)N[C@H]3CCc4ccccc43)CCNCC2)cc1. The van der Waals surface area contributed by atoms with Crippen LogP contribution >= 0.6 is 0 Å². The summed E-state index contributed by atoms with van der Waals surface area (Å²) < 4.78 is 6.31. The topological polar surface area (TPSA) is 50.4 Å². The summed E-state index contributed by atoms with van der Waals surface area (Å²) >= 11 is 0. The summed E-state index contributed by atoms with van der Waals surface area (Å²) in [6.07, 6.45) is 3.35. The van der Waals surface area contributed by atoms with Crippen LogP contribution in [-0.2, 0) is 11.2 Å². The van der Waals surface area contributed by atoms with E-state index in [9.17, 15) is 4.79 Å². The number of rotatable bonds is 4. The molecule has 4 rings (SSSR count).